The van der Waals surface area contributed by atoms with Crippen LogP contribution in [0, 0.1) is 0 Å². The Morgan fingerprint density at radius 2 is 1.88 bits per heavy atom. The Morgan fingerprint density at radius 1 is 1.21 bits per heavy atom. The number of hydrogen-bond donors (Lipinski definition) is 1. The number of benzene rings is 1. The summed E-state index contributed by atoms with van der Waals surface area (Å²) < 4.78 is 11.6. The van der Waals surface area contributed by atoms with Gasteiger partial charge in [0.1, 0.15) is 0 Å². The third kappa shape index (κ3) is 3.62. The lowest BCUT2D eigenvalue weighted by molar-refractivity contribution is 0.207. The van der Waals surface area contributed by atoms with Crippen LogP contribution in [0.2, 0.25) is 0 Å². The van der Waals surface area contributed by atoms with E-state index in [1.54, 1.807) is 17.3 Å². The van der Waals surface area contributed by atoms with Gasteiger partial charge in [0, 0.05) is 35.2 Å². The zero-order valence-corrected chi connectivity index (χ0v) is 14.5. The first-order valence-corrected chi connectivity index (χ1v) is 9.09. The Balaban J connectivity index is 1.66. The topological polar surface area (TPSA) is 75.2 Å². The number of hydrogen-bond acceptors (Lipinski definition) is 4. The van der Waals surface area contributed by atoms with Gasteiger partial charge >= 0.3 is 6.03 Å². The fourth-order valence-corrected chi connectivity index (χ4v) is 3.82. The first-order valence-electron chi connectivity index (χ1n) is 7.77. The molecule has 0 saturated carbocycles. The minimum absolute atomic E-state index is 0.212. The van der Waals surface area contributed by atoms with Crippen LogP contribution in [0.1, 0.15) is 13.8 Å². The lowest BCUT2D eigenvalue weighted by Gasteiger charge is -2.37. The summed E-state index contributed by atoms with van der Waals surface area (Å²) in [6, 6.07) is 9.45. The number of aromatic nitrogens is 2. The molecule has 1 saturated heterocycles. The lowest BCUT2D eigenvalue weighted by Crippen LogP contribution is -2.53. The molecular formula is C17H20N4O2S. The van der Waals surface area contributed by atoms with Crippen molar-refractivity contribution in [3.05, 3.63) is 42.7 Å². The second-order valence-electron chi connectivity index (χ2n) is 6.32. The van der Waals surface area contributed by atoms with Crippen LogP contribution in [0.5, 0.6) is 0 Å². The normalized spacial score (nSPS) is 19.8. The SMILES string of the molecule is CC1(C)CN(C(=O)Nc2cnc(-c3ccccc3)nc2)CCS1=O. The number of urea groups is 1. The van der Waals surface area contributed by atoms with Crippen LogP contribution in [0.4, 0.5) is 10.5 Å². The molecule has 1 aromatic heterocycles. The number of amides is 2. The maximum Gasteiger partial charge on any atom is 0.322 e. The molecule has 3 rings (SSSR count). The fraction of sp³-hybridized carbons (Fsp3) is 0.353. The van der Waals surface area contributed by atoms with Crippen LogP contribution in [0.3, 0.4) is 0 Å². The lowest BCUT2D eigenvalue weighted by atomic mass is 10.2. The molecule has 2 heterocycles. The zero-order valence-electron chi connectivity index (χ0n) is 13.7. The fourth-order valence-electron chi connectivity index (χ4n) is 2.58. The van der Waals surface area contributed by atoms with E-state index in [1.807, 2.05) is 44.2 Å². The van der Waals surface area contributed by atoms with Crippen LogP contribution in [0.15, 0.2) is 42.7 Å². The van der Waals surface area contributed by atoms with Gasteiger partial charge in [-0.15, -0.1) is 0 Å². The van der Waals surface area contributed by atoms with Gasteiger partial charge in [-0.1, -0.05) is 30.3 Å². The van der Waals surface area contributed by atoms with E-state index in [-0.39, 0.29) is 10.8 Å². The highest BCUT2D eigenvalue weighted by molar-refractivity contribution is 7.86. The van der Waals surface area contributed by atoms with Crippen molar-refractivity contribution in [2.24, 2.45) is 0 Å². The molecule has 24 heavy (non-hydrogen) atoms. The van der Waals surface area contributed by atoms with Crippen molar-refractivity contribution in [2.75, 3.05) is 24.2 Å². The average Bonchev–Trinajstić information content (AvgIpc) is 2.58. The Labute approximate surface area is 143 Å². The minimum atomic E-state index is -0.905. The summed E-state index contributed by atoms with van der Waals surface area (Å²) in [4.78, 5) is 22.7. The summed E-state index contributed by atoms with van der Waals surface area (Å²) in [5.74, 6) is 1.12. The molecular weight excluding hydrogens is 324 g/mol. The van der Waals surface area contributed by atoms with Crippen LogP contribution in [0.25, 0.3) is 11.4 Å². The smallest absolute Gasteiger partial charge is 0.322 e. The highest BCUT2D eigenvalue weighted by Crippen LogP contribution is 2.21. The number of carbonyl (C=O) groups is 1. The first-order chi connectivity index (χ1) is 11.5. The van der Waals surface area contributed by atoms with E-state index in [4.69, 9.17) is 0 Å². The molecule has 0 aliphatic carbocycles. The quantitative estimate of drug-likeness (QED) is 0.908. The van der Waals surface area contributed by atoms with Crippen molar-refractivity contribution >= 4 is 22.5 Å². The molecule has 0 bridgehead atoms. The molecule has 0 radical (unpaired) electrons. The molecule has 1 N–H and O–H groups in total. The van der Waals surface area contributed by atoms with Crippen molar-refractivity contribution < 1.29 is 9.00 Å². The number of nitrogens with one attached hydrogen (secondary N) is 1. The third-order valence-electron chi connectivity index (χ3n) is 3.96. The third-order valence-corrected chi connectivity index (χ3v) is 5.87. The monoisotopic (exact) mass is 344 g/mol. The van der Waals surface area contributed by atoms with Gasteiger partial charge in [0.15, 0.2) is 5.82 Å². The molecule has 1 fully saturated rings. The Bertz CT molecular complexity index is 747. The number of carbonyl (C=O) groups excluding carboxylic acids is 1. The molecule has 2 amide bonds. The van der Waals surface area contributed by atoms with Crippen LogP contribution in [-0.4, -0.2) is 48.7 Å². The van der Waals surface area contributed by atoms with Gasteiger partial charge in [0.25, 0.3) is 0 Å². The highest BCUT2D eigenvalue weighted by atomic mass is 32.2. The van der Waals surface area contributed by atoms with Gasteiger partial charge in [-0.2, -0.15) is 0 Å². The Hall–Kier alpha value is -2.28. The van der Waals surface area contributed by atoms with Gasteiger partial charge in [0.2, 0.25) is 0 Å². The van der Waals surface area contributed by atoms with E-state index < -0.39 is 10.8 Å². The second kappa shape index (κ2) is 6.68. The van der Waals surface area contributed by atoms with Crippen molar-refractivity contribution in [3.8, 4) is 11.4 Å². The average molecular weight is 344 g/mol. The van der Waals surface area contributed by atoms with E-state index in [2.05, 4.69) is 15.3 Å². The molecule has 7 heteroatoms. The van der Waals surface area contributed by atoms with Crippen LogP contribution < -0.4 is 5.32 Å². The van der Waals surface area contributed by atoms with Crippen LogP contribution in [-0.2, 0) is 10.8 Å². The summed E-state index contributed by atoms with van der Waals surface area (Å²) in [6.07, 6.45) is 3.20. The largest absolute Gasteiger partial charge is 0.322 e. The molecule has 1 atom stereocenters. The van der Waals surface area contributed by atoms with E-state index in [0.717, 1.165) is 5.56 Å². The molecule has 6 nitrogen and oxygen atoms in total. The van der Waals surface area contributed by atoms with E-state index in [1.165, 1.54) is 0 Å². The van der Waals surface area contributed by atoms with Gasteiger partial charge in [-0.05, 0) is 13.8 Å². The molecule has 1 unspecified atom stereocenters. The minimum Gasteiger partial charge on any atom is -0.322 e. The molecule has 1 aliphatic heterocycles. The predicted octanol–water partition coefficient (Wildman–Crippen LogP) is 2.52. The summed E-state index contributed by atoms with van der Waals surface area (Å²) in [5, 5.41) is 2.81. The van der Waals surface area contributed by atoms with Gasteiger partial charge in [-0.25, -0.2) is 14.8 Å². The van der Waals surface area contributed by atoms with Crippen molar-refractivity contribution in [1.82, 2.24) is 14.9 Å². The van der Waals surface area contributed by atoms with Gasteiger partial charge in [-0.3, -0.25) is 4.21 Å². The van der Waals surface area contributed by atoms with Crippen molar-refractivity contribution in [1.29, 1.82) is 0 Å². The molecule has 126 valence electrons. The number of anilines is 1. The summed E-state index contributed by atoms with van der Waals surface area (Å²) >= 11 is 0. The molecule has 0 spiro atoms. The predicted molar refractivity (Wildman–Crippen MR) is 95.1 cm³/mol. The second-order valence-corrected chi connectivity index (χ2v) is 8.53. The summed E-state index contributed by atoms with van der Waals surface area (Å²) in [7, 11) is -0.905. The zero-order chi connectivity index (χ0) is 17.2. The standard InChI is InChI=1S/C17H20N4O2S/c1-17(2)12-21(8-9-24(17)23)16(22)20-14-10-18-15(19-11-14)13-6-4-3-5-7-13/h3-7,10-11H,8-9,12H2,1-2H3,(H,20,22). The van der Waals surface area contributed by atoms with Gasteiger partial charge in [0.05, 0.1) is 22.8 Å². The number of nitrogens with zero attached hydrogens (tertiary/aromatic N) is 3. The van der Waals surface area contributed by atoms with Crippen LogP contribution >= 0.6 is 0 Å². The van der Waals surface area contributed by atoms with Crippen molar-refractivity contribution in [2.45, 2.75) is 18.6 Å². The Morgan fingerprint density at radius 3 is 2.50 bits per heavy atom. The van der Waals surface area contributed by atoms with E-state index in [9.17, 15) is 9.00 Å². The van der Waals surface area contributed by atoms with E-state index >= 15 is 0 Å². The molecule has 2 aromatic rings. The Kier molecular flexibility index (Phi) is 4.62. The highest BCUT2D eigenvalue weighted by Gasteiger charge is 2.35. The molecule has 1 aromatic carbocycles. The summed E-state index contributed by atoms with van der Waals surface area (Å²) in [6.45, 7) is 4.79. The van der Waals surface area contributed by atoms with Gasteiger partial charge < -0.3 is 10.2 Å². The van der Waals surface area contributed by atoms with Crippen molar-refractivity contribution in [3.63, 3.8) is 0 Å². The summed E-state index contributed by atoms with van der Waals surface area (Å²) in [5.41, 5.74) is 1.47. The maximum absolute atomic E-state index is 12.4. The first kappa shape index (κ1) is 16.6. The molecule has 1 aliphatic rings. The number of rotatable bonds is 2. The maximum atomic E-state index is 12.4. The van der Waals surface area contributed by atoms with E-state index in [0.29, 0.717) is 30.4 Å².